The minimum absolute atomic E-state index is 0.249. The van der Waals surface area contributed by atoms with Gasteiger partial charge in [-0.25, -0.2) is 0 Å². The number of aldehydes is 1. The van der Waals surface area contributed by atoms with Gasteiger partial charge in [0.15, 0.2) is 0 Å². The third-order valence-electron chi connectivity index (χ3n) is 1.89. The molecular formula is C11H14O2. The summed E-state index contributed by atoms with van der Waals surface area (Å²) in [5.41, 5.74) is 0.630. The van der Waals surface area contributed by atoms with Crippen LogP contribution in [-0.2, 0) is 11.2 Å². The van der Waals surface area contributed by atoms with E-state index in [9.17, 15) is 9.90 Å². The lowest BCUT2D eigenvalue weighted by atomic mass is 9.87. The molecule has 0 radical (unpaired) electrons. The first-order valence-electron chi connectivity index (χ1n) is 4.28. The lowest BCUT2D eigenvalue weighted by molar-refractivity contribution is -0.114. The van der Waals surface area contributed by atoms with E-state index in [2.05, 4.69) is 0 Å². The van der Waals surface area contributed by atoms with Gasteiger partial charge in [0.05, 0.1) is 0 Å². The summed E-state index contributed by atoms with van der Waals surface area (Å²) < 4.78 is 0. The van der Waals surface area contributed by atoms with E-state index in [4.69, 9.17) is 0 Å². The van der Waals surface area contributed by atoms with Gasteiger partial charge in [0.25, 0.3) is 0 Å². The number of rotatable bonds is 3. The Morgan fingerprint density at radius 2 is 2.15 bits per heavy atom. The third kappa shape index (κ3) is 2.90. The van der Waals surface area contributed by atoms with Crippen molar-refractivity contribution < 1.29 is 9.90 Å². The fraction of sp³-hybridized carbons (Fsp3) is 0.364. The van der Waals surface area contributed by atoms with Gasteiger partial charge in [-0.2, -0.15) is 0 Å². The summed E-state index contributed by atoms with van der Waals surface area (Å²) in [7, 11) is 0. The number of phenols is 1. The second-order valence-electron chi connectivity index (χ2n) is 3.95. The number of hydrogen-bond donors (Lipinski definition) is 1. The second kappa shape index (κ2) is 3.60. The van der Waals surface area contributed by atoms with Gasteiger partial charge in [-0.15, -0.1) is 0 Å². The van der Waals surface area contributed by atoms with Crippen LogP contribution in [0.5, 0.6) is 5.75 Å². The number of hydrogen-bond acceptors (Lipinski definition) is 2. The van der Waals surface area contributed by atoms with Gasteiger partial charge in [-0.1, -0.05) is 26.0 Å². The lowest BCUT2D eigenvalue weighted by Gasteiger charge is -2.16. The summed E-state index contributed by atoms with van der Waals surface area (Å²) in [6, 6.07) is 7.00. The summed E-state index contributed by atoms with van der Waals surface area (Å²) in [6.45, 7) is 3.76. The molecular weight excluding hydrogens is 164 g/mol. The standard InChI is InChI=1S/C11H14O2/c1-11(2,8-12)7-9-4-3-5-10(13)6-9/h3-6,8,13H,7H2,1-2H3. The molecule has 2 heteroatoms. The zero-order valence-corrected chi connectivity index (χ0v) is 7.95. The summed E-state index contributed by atoms with van der Waals surface area (Å²) in [6.07, 6.45) is 1.60. The molecule has 0 heterocycles. The molecule has 1 aromatic rings. The molecule has 0 aliphatic carbocycles. The summed E-state index contributed by atoms with van der Waals surface area (Å²) >= 11 is 0. The molecule has 0 unspecified atom stereocenters. The topological polar surface area (TPSA) is 37.3 Å². The van der Waals surface area contributed by atoms with Crippen LogP contribution in [0.4, 0.5) is 0 Å². The zero-order valence-electron chi connectivity index (χ0n) is 7.95. The first kappa shape index (κ1) is 9.78. The lowest BCUT2D eigenvalue weighted by Crippen LogP contribution is -2.16. The predicted molar refractivity (Wildman–Crippen MR) is 51.7 cm³/mol. The molecule has 0 saturated carbocycles. The van der Waals surface area contributed by atoms with E-state index in [1.165, 1.54) is 0 Å². The maximum absolute atomic E-state index is 10.7. The van der Waals surface area contributed by atoms with Crippen molar-refractivity contribution in [3.8, 4) is 5.75 Å². The van der Waals surface area contributed by atoms with E-state index in [-0.39, 0.29) is 11.2 Å². The van der Waals surface area contributed by atoms with Gasteiger partial charge in [0.2, 0.25) is 0 Å². The van der Waals surface area contributed by atoms with Crippen LogP contribution in [-0.4, -0.2) is 11.4 Å². The van der Waals surface area contributed by atoms with Crippen molar-refractivity contribution in [1.82, 2.24) is 0 Å². The maximum Gasteiger partial charge on any atom is 0.125 e. The minimum Gasteiger partial charge on any atom is -0.508 e. The van der Waals surface area contributed by atoms with Crippen LogP contribution in [0.2, 0.25) is 0 Å². The highest BCUT2D eigenvalue weighted by Crippen LogP contribution is 2.21. The quantitative estimate of drug-likeness (QED) is 0.720. The molecule has 2 nitrogen and oxygen atoms in total. The molecule has 0 atom stereocenters. The number of phenolic OH excluding ortho intramolecular Hbond substituents is 1. The number of carbonyl (C=O) groups excluding carboxylic acids is 1. The first-order valence-corrected chi connectivity index (χ1v) is 4.28. The van der Waals surface area contributed by atoms with Gasteiger partial charge in [-0.3, -0.25) is 0 Å². The van der Waals surface area contributed by atoms with Crippen molar-refractivity contribution in [2.75, 3.05) is 0 Å². The molecule has 1 aromatic carbocycles. The van der Waals surface area contributed by atoms with Gasteiger partial charge in [0, 0.05) is 5.41 Å². The van der Waals surface area contributed by atoms with Crippen LogP contribution < -0.4 is 0 Å². The molecule has 0 amide bonds. The second-order valence-corrected chi connectivity index (χ2v) is 3.95. The van der Waals surface area contributed by atoms with Crippen LogP contribution in [0.3, 0.4) is 0 Å². The Labute approximate surface area is 78.2 Å². The van der Waals surface area contributed by atoms with E-state index in [0.717, 1.165) is 11.8 Å². The van der Waals surface area contributed by atoms with Crippen molar-refractivity contribution in [2.45, 2.75) is 20.3 Å². The van der Waals surface area contributed by atoms with Crippen molar-refractivity contribution >= 4 is 6.29 Å². The molecule has 1 N–H and O–H groups in total. The number of aromatic hydroxyl groups is 1. The highest BCUT2D eigenvalue weighted by Gasteiger charge is 2.16. The third-order valence-corrected chi connectivity index (χ3v) is 1.89. The molecule has 0 spiro atoms. The molecule has 0 aliphatic rings. The van der Waals surface area contributed by atoms with Crippen LogP contribution in [0.1, 0.15) is 19.4 Å². The van der Waals surface area contributed by atoms with Crippen molar-refractivity contribution in [1.29, 1.82) is 0 Å². The molecule has 70 valence electrons. The van der Waals surface area contributed by atoms with Crippen molar-refractivity contribution in [2.24, 2.45) is 5.41 Å². The van der Waals surface area contributed by atoms with Gasteiger partial charge in [-0.05, 0) is 24.1 Å². The van der Waals surface area contributed by atoms with Gasteiger partial charge in [0.1, 0.15) is 12.0 Å². The number of carbonyl (C=O) groups is 1. The minimum atomic E-state index is -0.353. The van der Waals surface area contributed by atoms with E-state index in [0.29, 0.717) is 6.42 Å². The summed E-state index contributed by atoms with van der Waals surface area (Å²) in [4.78, 5) is 10.7. The fourth-order valence-electron chi connectivity index (χ4n) is 1.23. The van der Waals surface area contributed by atoms with Gasteiger partial charge < -0.3 is 9.90 Å². The highest BCUT2D eigenvalue weighted by atomic mass is 16.3. The Morgan fingerprint density at radius 3 is 2.69 bits per heavy atom. The van der Waals surface area contributed by atoms with Crippen molar-refractivity contribution in [3.05, 3.63) is 29.8 Å². The largest absolute Gasteiger partial charge is 0.508 e. The zero-order chi connectivity index (χ0) is 9.90. The van der Waals surface area contributed by atoms with Crippen LogP contribution >= 0.6 is 0 Å². The molecule has 0 bridgehead atoms. The smallest absolute Gasteiger partial charge is 0.125 e. The Bertz CT molecular complexity index is 303. The average molecular weight is 178 g/mol. The maximum atomic E-state index is 10.7. The Hall–Kier alpha value is -1.31. The van der Waals surface area contributed by atoms with E-state index >= 15 is 0 Å². The van der Waals surface area contributed by atoms with Crippen molar-refractivity contribution in [3.63, 3.8) is 0 Å². The molecule has 0 aliphatic heterocycles. The summed E-state index contributed by atoms with van der Waals surface area (Å²) in [5.74, 6) is 0.249. The first-order chi connectivity index (χ1) is 6.03. The molecule has 0 saturated heterocycles. The molecule has 1 rings (SSSR count). The number of benzene rings is 1. The monoisotopic (exact) mass is 178 g/mol. The van der Waals surface area contributed by atoms with Gasteiger partial charge >= 0.3 is 0 Å². The van der Waals surface area contributed by atoms with Crippen LogP contribution in [0, 0.1) is 5.41 Å². The normalized spacial score (nSPS) is 11.2. The predicted octanol–water partition coefficient (Wildman–Crippen LogP) is 2.16. The highest BCUT2D eigenvalue weighted by molar-refractivity contribution is 5.58. The Balaban J connectivity index is 2.80. The van der Waals surface area contributed by atoms with E-state index < -0.39 is 0 Å². The SMILES string of the molecule is CC(C)(C=O)Cc1cccc(O)c1. The molecule has 0 fully saturated rings. The Morgan fingerprint density at radius 1 is 1.46 bits per heavy atom. The van der Waals surface area contributed by atoms with Crippen LogP contribution in [0.25, 0.3) is 0 Å². The van der Waals surface area contributed by atoms with E-state index in [1.54, 1.807) is 18.2 Å². The van der Waals surface area contributed by atoms with Crippen LogP contribution in [0.15, 0.2) is 24.3 Å². The molecule has 13 heavy (non-hydrogen) atoms. The summed E-state index contributed by atoms with van der Waals surface area (Å²) in [5, 5.41) is 9.19. The molecule has 0 aromatic heterocycles. The average Bonchev–Trinajstić information content (AvgIpc) is 2.03. The Kier molecular flexibility index (Phi) is 2.71. The van der Waals surface area contributed by atoms with E-state index in [1.807, 2.05) is 19.9 Å². The fourth-order valence-corrected chi connectivity index (χ4v) is 1.23.